The summed E-state index contributed by atoms with van der Waals surface area (Å²) in [4.78, 5) is 25.6. The number of alkyl halides is 6. The van der Waals surface area contributed by atoms with Crippen molar-refractivity contribution in [2.45, 2.75) is 50.4 Å². The summed E-state index contributed by atoms with van der Waals surface area (Å²) in [6, 6.07) is 4.48. The van der Waals surface area contributed by atoms with Gasteiger partial charge in [0.1, 0.15) is 5.60 Å². The average Bonchev–Trinajstić information content (AvgIpc) is 3.36. The van der Waals surface area contributed by atoms with Crippen LogP contribution in [0.3, 0.4) is 0 Å². The number of carboxylic acids is 2. The monoisotopic (exact) mass is 594 g/mol. The fourth-order valence-electron chi connectivity index (χ4n) is 4.23. The zero-order valence-corrected chi connectivity index (χ0v) is 22.0. The summed E-state index contributed by atoms with van der Waals surface area (Å²) >= 11 is 1.90. The van der Waals surface area contributed by atoms with Gasteiger partial charge in [0.15, 0.2) is 0 Å². The molecule has 0 amide bonds. The molecule has 3 fully saturated rings. The van der Waals surface area contributed by atoms with Gasteiger partial charge in [-0.1, -0.05) is 0 Å². The normalized spacial score (nSPS) is 24.7. The lowest BCUT2D eigenvalue weighted by Crippen LogP contribution is -2.46. The highest BCUT2D eigenvalue weighted by molar-refractivity contribution is 7.11. The van der Waals surface area contributed by atoms with E-state index in [0.717, 1.165) is 78.5 Å². The molecule has 3 aliphatic rings. The highest BCUT2D eigenvalue weighted by Crippen LogP contribution is 2.34. The van der Waals surface area contributed by atoms with Gasteiger partial charge in [-0.15, -0.1) is 11.3 Å². The first-order chi connectivity index (χ1) is 18.1. The molecule has 1 spiro atoms. The summed E-state index contributed by atoms with van der Waals surface area (Å²) in [6.07, 6.45) is -7.57. The quantitative estimate of drug-likeness (QED) is 0.507. The van der Waals surface area contributed by atoms with E-state index in [1.54, 1.807) is 0 Å². The molecule has 1 aromatic rings. The summed E-state index contributed by atoms with van der Waals surface area (Å²) in [5.41, 5.74) is -0.111. The van der Waals surface area contributed by atoms with Gasteiger partial charge in [-0.3, -0.25) is 9.80 Å². The van der Waals surface area contributed by atoms with E-state index in [2.05, 4.69) is 28.9 Å². The Morgan fingerprint density at radius 2 is 1.51 bits per heavy atom. The Kier molecular flexibility index (Phi) is 12.4. The van der Waals surface area contributed by atoms with Gasteiger partial charge in [0.25, 0.3) is 0 Å². The largest absolute Gasteiger partial charge is 0.490 e. The third-order valence-electron chi connectivity index (χ3n) is 5.99. The number of aryl methyl sites for hydroxylation is 1. The lowest BCUT2D eigenvalue weighted by atomic mass is 10.00. The van der Waals surface area contributed by atoms with Gasteiger partial charge >= 0.3 is 24.3 Å². The SMILES string of the molecule is Cc1ccc(CN2CCOCC3(CCC(CN4CCOCC4)O3)C2)s1.O=C(O)C(F)(F)F.O=C(O)C(F)(F)F. The van der Waals surface area contributed by atoms with Gasteiger partial charge in [-0.2, -0.15) is 26.3 Å². The van der Waals surface area contributed by atoms with E-state index < -0.39 is 24.3 Å². The number of morpholine rings is 1. The molecule has 0 aromatic carbocycles. The van der Waals surface area contributed by atoms with Gasteiger partial charge in [-0.25, -0.2) is 9.59 Å². The molecule has 0 bridgehead atoms. The Morgan fingerprint density at radius 1 is 0.974 bits per heavy atom. The molecular formula is C23H32F6N2O7S. The molecule has 16 heteroatoms. The molecule has 9 nitrogen and oxygen atoms in total. The van der Waals surface area contributed by atoms with Crippen molar-refractivity contribution in [2.75, 3.05) is 59.2 Å². The summed E-state index contributed by atoms with van der Waals surface area (Å²) in [5.74, 6) is -5.51. The van der Waals surface area contributed by atoms with Crippen molar-refractivity contribution in [1.82, 2.24) is 9.80 Å². The Balaban J connectivity index is 0.000000317. The number of thiophene rings is 1. The van der Waals surface area contributed by atoms with Crippen molar-refractivity contribution < 1.29 is 60.4 Å². The number of aliphatic carboxylic acids is 2. The van der Waals surface area contributed by atoms with Crippen molar-refractivity contribution in [3.8, 4) is 0 Å². The molecule has 4 rings (SSSR count). The summed E-state index contributed by atoms with van der Waals surface area (Å²) in [7, 11) is 0. The van der Waals surface area contributed by atoms with Crippen LogP contribution >= 0.6 is 11.3 Å². The lowest BCUT2D eigenvalue weighted by Gasteiger charge is -2.33. The van der Waals surface area contributed by atoms with Gasteiger partial charge in [0.05, 0.1) is 32.5 Å². The molecule has 2 atom stereocenters. The number of hydrogen-bond donors (Lipinski definition) is 2. The number of carbonyl (C=O) groups is 2. The van der Waals surface area contributed by atoms with Crippen LogP contribution in [0.5, 0.6) is 0 Å². The Morgan fingerprint density at radius 3 is 2.03 bits per heavy atom. The molecule has 1 aromatic heterocycles. The van der Waals surface area contributed by atoms with Gasteiger partial charge in [-0.05, 0) is 31.9 Å². The number of rotatable bonds is 4. The zero-order chi connectivity index (χ0) is 29.3. The molecule has 3 saturated heterocycles. The van der Waals surface area contributed by atoms with Crippen LogP contribution in [0.1, 0.15) is 22.6 Å². The Bertz CT molecular complexity index is 900. The van der Waals surface area contributed by atoms with E-state index in [1.807, 2.05) is 11.3 Å². The third kappa shape index (κ3) is 12.0. The second-order valence-electron chi connectivity index (χ2n) is 9.26. The van der Waals surface area contributed by atoms with Gasteiger partial charge < -0.3 is 24.4 Å². The van der Waals surface area contributed by atoms with Crippen molar-refractivity contribution in [1.29, 1.82) is 0 Å². The van der Waals surface area contributed by atoms with Crippen LogP contribution in [-0.4, -0.2) is 115 Å². The minimum Gasteiger partial charge on any atom is -0.475 e. The fourth-order valence-corrected chi connectivity index (χ4v) is 5.16. The molecule has 2 N–H and O–H groups in total. The number of ether oxygens (including phenoxy) is 3. The molecule has 4 heterocycles. The topological polar surface area (TPSA) is 109 Å². The van der Waals surface area contributed by atoms with Crippen molar-refractivity contribution >= 4 is 23.3 Å². The predicted octanol–water partition coefficient (Wildman–Crippen LogP) is 3.41. The second-order valence-corrected chi connectivity index (χ2v) is 10.6. The van der Waals surface area contributed by atoms with E-state index in [9.17, 15) is 26.3 Å². The number of halogens is 6. The van der Waals surface area contributed by atoms with Crippen LogP contribution in [0.15, 0.2) is 12.1 Å². The summed E-state index contributed by atoms with van der Waals surface area (Å²) in [6.45, 7) is 11.5. The van der Waals surface area contributed by atoms with Gasteiger partial charge in [0.2, 0.25) is 0 Å². The molecular weight excluding hydrogens is 562 g/mol. The molecule has 224 valence electrons. The minimum atomic E-state index is -5.08. The Labute approximate surface area is 225 Å². The van der Waals surface area contributed by atoms with Gasteiger partial charge in [0, 0.05) is 49.0 Å². The highest BCUT2D eigenvalue weighted by Gasteiger charge is 2.43. The maximum atomic E-state index is 10.6. The Hall–Kier alpha value is -1.98. The summed E-state index contributed by atoms with van der Waals surface area (Å²) in [5, 5.41) is 14.2. The van der Waals surface area contributed by atoms with E-state index >= 15 is 0 Å². The lowest BCUT2D eigenvalue weighted by molar-refractivity contribution is -0.193. The van der Waals surface area contributed by atoms with Crippen LogP contribution in [0.2, 0.25) is 0 Å². The van der Waals surface area contributed by atoms with Crippen LogP contribution in [0.25, 0.3) is 0 Å². The first-order valence-electron chi connectivity index (χ1n) is 12.0. The van der Waals surface area contributed by atoms with Crippen molar-refractivity contribution in [3.63, 3.8) is 0 Å². The van der Waals surface area contributed by atoms with Crippen LogP contribution in [0.4, 0.5) is 26.3 Å². The molecule has 2 unspecified atom stereocenters. The van der Waals surface area contributed by atoms with Crippen LogP contribution in [-0.2, 0) is 30.3 Å². The molecule has 0 radical (unpaired) electrons. The minimum absolute atomic E-state index is 0.111. The summed E-state index contributed by atoms with van der Waals surface area (Å²) < 4.78 is 81.5. The van der Waals surface area contributed by atoms with Crippen molar-refractivity contribution in [2.24, 2.45) is 0 Å². The highest BCUT2D eigenvalue weighted by atomic mass is 32.1. The van der Waals surface area contributed by atoms with E-state index in [0.29, 0.717) is 6.10 Å². The average molecular weight is 595 g/mol. The maximum Gasteiger partial charge on any atom is 0.490 e. The smallest absolute Gasteiger partial charge is 0.475 e. The number of hydrogen-bond acceptors (Lipinski definition) is 8. The van der Waals surface area contributed by atoms with Crippen LogP contribution in [0, 0.1) is 6.92 Å². The van der Waals surface area contributed by atoms with Crippen LogP contribution < -0.4 is 0 Å². The molecule has 39 heavy (non-hydrogen) atoms. The molecule has 3 aliphatic heterocycles. The third-order valence-corrected chi connectivity index (χ3v) is 6.98. The van der Waals surface area contributed by atoms with E-state index in [4.69, 9.17) is 34.0 Å². The van der Waals surface area contributed by atoms with E-state index in [1.165, 1.54) is 9.75 Å². The maximum absolute atomic E-state index is 10.6. The van der Waals surface area contributed by atoms with E-state index in [-0.39, 0.29) is 5.60 Å². The standard InChI is InChI=1S/C19H30N2O3S.2C2HF3O2/c1-16-2-3-18(25-16)13-21-8-11-23-15-19(14-21)5-4-17(24-19)12-20-6-9-22-10-7-20;2*3-2(4,5)1(6)7/h2-3,17H,4-15H2,1H3;2*(H,6,7). The first kappa shape index (κ1) is 33.2. The molecule has 0 aliphatic carbocycles. The predicted molar refractivity (Wildman–Crippen MR) is 127 cm³/mol. The van der Waals surface area contributed by atoms with Crippen molar-refractivity contribution in [3.05, 3.63) is 21.9 Å². The fraction of sp³-hybridized carbons (Fsp3) is 0.739. The molecule has 0 saturated carbocycles. The first-order valence-corrected chi connectivity index (χ1v) is 12.8. The second kappa shape index (κ2) is 14.6. The zero-order valence-electron chi connectivity index (χ0n) is 21.2. The number of carboxylic acid groups (broad SMARTS) is 2. The number of nitrogens with zero attached hydrogens (tertiary/aromatic N) is 2.